The summed E-state index contributed by atoms with van der Waals surface area (Å²) >= 11 is 0. The highest BCUT2D eigenvalue weighted by atomic mass is 28.3. The number of aryl methyl sites for hydroxylation is 1. The molecule has 3 heterocycles. The van der Waals surface area contributed by atoms with E-state index in [-0.39, 0.29) is 42.1 Å². The zero-order valence-corrected chi connectivity index (χ0v) is 27.6. The number of fused-ring (bicyclic) bond motifs is 1. The number of piperidine rings is 1. The van der Waals surface area contributed by atoms with Gasteiger partial charge in [-0.3, -0.25) is 9.48 Å². The lowest BCUT2D eigenvalue weighted by molar-refractivity contribution is -0.120. The molecular weight excluding hydrogens is 574 g/mol. The van der Waals surface area contributed by atoms with E-state index < -0.39 is 8.07 Å². The molecule has 2 aromatic carbocycles. The third-order valence-electron chi connectivity index (χ3n) is 9.55. The molecule has 0 saturated carbocycles. The summed E-state index contributed by atoms with van der Waals surface area (Å²) in [6, 6.07) is 14.4. The van der Waals surface area contributed by atoms with Crippen LogP contribution in [-0.4, -0.2) is 74.1 Å². The van der Waals surface area contributed by atoms with Crippen LogP contribution >= 0.6 is 0 Å². The van der Waals surface area contributed by atoms with Crippen molar-refractivity contribution in [2.24, 2.45) is 11.8 Å². The summed E-state index contributed by atoms with van der Waals surface area (Å²) in [7, 11) is 1.29. The van der Waals surface area contributed by atoms with Gasteiger partial charge in [-0.05, 0) is 61.7 Å². The average molecular weight is 622 g/mol. The Balaban J connectivity index is 1.43. The molecule has 1 aromatic heterocycles. The second-order valence-corrected chi connectivity index (χ2v) is 17.4. The minimum atomic E-state index is -2.15. The number of ether oxygens (including phenoxy) is 3. The van der Waals surface area contributed by atoms with Crippen LogP contribution in [0.3, 0.4) is 0 Å². The molecule has 0 spiro atoms. The summed E-state index contributed by atoms with van der Waals surface area (Å²) in [5.74, 6) is 1.72. The number of nitrogens with one attached hydrogen (secondary N) is 2. The van der Waals surface area contributed by atoms with Crippen LogP contribution < -0.4 is 25.3 Å². The van der Waals surface area contributed by atoms with Gasteiger partial charge < -0.3 is 30.0 Å². The summed E-state index contributed by atoms with van der Waals surface area (Å²) in [4.78, 5) is 13.0. The predicted molar refractivity (Wildman–Crippen MR) is 173 cm³/mol. The maximum atomic E-state index is 13.0. The Morgan fingerprint density at radius 2 is 2.02 bits per heavy atom. The lowest BCUT2D eigenvalue weighted by Gasteiger charge is -2.46. The summed E-state index contributed by atoms with van der Waals surface area (Å²) < 4.78 is 20.4. The van der Waals surface area contributed by atoms with E-state index in [1.165, 1.54) is 5.19 Å². The Hall–Kier alpha value is -3.25. The van der Waals surface area contributed by atoms with E-state index in [0.29, 0.717) is 19.5 Å². The van der Waals surface area contributed by atoms with Crippen molar-refractivity contribution in [3.05, 3.63) is 59.9 Å². The molecule has 1 saturated heterocycles. The van der Waals surface area contributed by atoms with Gasteiger partial charge in [-0.1, -0.05) is 42.6 Å². The standard InChI is InChI=1S/C33H47N5O5Si/c1-22-31(42-3)28-19-24(35-33(40)23-7-6-16-34-20-23)8-13-29(28)43-32(22)30(14-17-38-21-25(15-18-39)36-37-38)44(4,5)27-11-9-26(41-2)10-12-27/h8-13,19,21-23,30-32,34,39H,6-7,14-18,20H2,1-5H3,(H,35,40)/t22-,23?,30?,31-,32-/m0/s1. The Morgan fingerprint density at radius 3 is 2.70 bits per heavy atom. The van der Waals surface area contributed by atoms with Crippen molar-refractivity contribution in [2.75, 3.05) is 39.2 Å². The third kappa shape index (κ3) is 7.01. The fraction of sp³-hybridized carbons (Fsp3) is 0.545. The van der Waals surface area contributed by atoms with E-state index in [1.54, 1.807) is 14.2 Å². The van der Waals surface area contributed by atoms with Crippen LogP contribution in [0.4, 0.5) is 5.69 Å². The molecule has 1 fully saturated rings. The Labute approximate surface area is 261 Å². The molecule has 238 valence electrons. The number of nitrogens with zero attached hydrogens (tertiary/aromatic N) is 3. The highest BCUT2D eigenvalue weighted by Gasteiger charge is 2.47. The van der Waals surface area contributed by atoms with Crippen LogP contribution in [-0.2, 0) is 22.5 Å². The second kappa shape index (κ2) is 14.2. The molecule has 0 bridgehead atoms. The van der Waals surface area contributed by atoms with Crippen molar-refractivity contribution in [3.8, 4) is 11.5 Å². The fourth-order valence-electron chi connectivity index (χ4n) is 6.89. The van der Waals surface area contributed by atoms with Crippen LogP contribution in [0.1, 0.15) is 43.5 Å². The largest absolute Gasteiger partial charge is 0.497 e. The second-order valence-electron chi connectivity index (χ2n) is 12.7. The molecule has 44 heavy (non-hydrogen) atoms. The topological polar surface area (TPSA) is 120 Å². The first-order valence-electron chi connectivity index (χ1n) is 15.7. The Kier molecular flexibility index (Phi) is 10.4. The van der Waals surface area contributed by atoms with Crippen LogP contribution in [0.25, 0.3) is 0 Å². The van der Waals surface area contributed by atoms with Crippen molar-refractivity contribution in [2.45, 2.75) is 70.0 Å². The van der Waals surface area contributed by atoms with Crippen molar-refractivity contribution in [3.63, 3.8) is 0 Å². The van der Waals surface area contributed by atoms with Crippen LogP contribution in [0.5, 0.6) is 11.5 Å². The lowest BCUT2D eigenvalue weighted by Crippen LogP contribution is -2.54. The molecule has 2 aliphatic heterocycles. The zero-order valence-electron chi connectivity index (χ0n) is 26.6. The normalized spacial score (nSPS) is 22.5. The van der Waals surface area contributed by atoms with Gasteiger partial charge >= 0.3 is 0 Å². The van der Waals surface area contributed by atoms with Gasteiger partial charge in [0.05, 0.1) is 32.9 Å². The van der Waals surface area contributed by atoms with E-state index in [0.717, 1.165) is 54.3 Å². The average Bonchev–Trinajstić information content (AvgIpc) is 3.49. The van der Waals surface area contributed by atoms with Crippen molar-refractivity contribution in [1.82, 2.24) is 20.3 Å². The molecule has 3 aromatic rings. The van der Waals surface area contributed by atoms with Gasteiger partial charge in [-0.2, -0.15) is 0 Å². The predicted octanol–water partition coefficient (Wildman–Crippen LogP) is 3.92. The van der Waals surface area contributed by atoms with Crippen molar-refractivity contribution < 1.29 is 24.1 Å². The van der Waals surface area contributed by atoms with Crippen LogP contribution in [0.15, 0.2) is 48.7 Å². The highest BCUT2D eigenvalue weighted by Crippen LogP contribution is 2.47. The molecule has 2 unspecified atom stereocenters. The van der Waals surface area contributed by atoms with Gasteiger partial charge in [0.1, 0.15) is 17.6 Å². The number of methoxy groups -OCH3 is 2. The molecule has 10 nitrogen and oxygen atoms in total. The van der Waals surface area contributed by atoms with Crippen molar-refractivity contribution in [1.29, 1.82) is 0 Å². The summed E-state index contributed by atoms with van der Waals surface area (Å²) in [6.07, 6.45) is 4.88. The quantitative estimate of drug-likeness (QED) is 0.261. The maximum Gasteiger partial charge on any atom is 0.228 e. The molecule has 0 radical (unpaired) electrons. The number of carbonyl (C=O) groups excluding carboxylic acids is 1. The first-order valence-corrected chi connectivity index (χ1v) is 18.8. The molecule has 1 amide bonds. The van der Waals surface area contributed by atoms with Gasteiger partial charge in [0.2, 0.25) is 5.91 Å². The Bertz CT molecular complexity index is 1390. The van der Waals surface area contributed by atoms with E-state index >= 15 is 0 Å². The number of amides is 1. The fourth-order valence-corrected chi connectivity index (χ4v) is 10.4. The van der Waals surface area contributed by atoms with Crippen LogP contribution in [0, 0.1) is 11.8 Å². The third-order valence-corrected chi connectivity index (χ3v) is 13.8. The van der Waals surface area contributed by atoms with Gasteiger partial charge in [0, 0.05) is 56.6 Å². The molecule has 5 rings (SSSR count). The van der Waals surface area contributed by atoms with Gasteiger partial charge in [-0.25, -0.2) is 0 Å². The number of hydrogen-bond donors (Lipinski definition) is 3. The number of benzene rings is 2. The molecule has 2 aliphatic rings. The van der Waals surface area contributed by atoms with Crippen LogP contribution in [0.2, 0.25) is 18.6 Å². The number of hydrogen-bond acceptors (Lipinski definition) is 8. The number of anilines is 1. The number of carbonyl (C=O) groups is 1. The minimum absolute atomic E-state index is 0.0202. The van der Waals surface area contributed by atoms with Crippen molar-refractivity contribution >= 4 is 24.9 Å². The summed E-state index contributed by atoms with van der Waals surface area (Å²) in [5.41, 5.74) is 2.72. The number of aliphatic hydroxyl groups is 1. The minimum Gasteiger partial charge on any atom is -0.497 e. The van der Waals surface area contributed by atoms with E-state index in [1.807, 2.05) is 41.2 Å². The molecule has 0 aliphatic carbocycles. The van der Waals surface area contributed by atoms with Gasteiger partial charge in [0.15, 0.2) is 0 Å². The monoisotopic (exact) mass is 621 g/mol. The SMILES string of the molecule is COc1ccc([Si](C)(C)C(CCn2cc(CCO)nn2)[C@H]2Oc3ccc(NC(=O)C4CCCNC4)cc3[C@@H](OC)[C@@H]2C)cc1. The molecular formula is C33H47N5O5Si. The smallest absolute Gasteiger partial charge is 0.228 e. The molecule has 11 heteroatoms. The van der Waals surface area contributed by atoms with E-state index in [2.05, 4.69) is 53.1 Å². The lowest BCUT2D eigenvalue weighted by atomic mass is 9.86. The number of aliphatic hydroxyl groups excluding tert-OH is 1. The summed E-state index contributed by atoms with van der Waals surface area (Å²) in [6.45, 7) is 9.44. The number of rotatable bonds is 12. The van der Waals surface area contributed by atoms with Gasteiger partial charge in [0.25, 0.3) is 0 Å². The van der Waals surface area contributed by atoms with Gasteiger partial charge in [-0.15, -0.1) is 5.10 Å². The number of aromatic nitrogens is 3. The molecule has 5 atom stereocenters. The highest BCUT2D eigenvalue weighted by molar-refractivity contribution is 6.91. The zero-order chi connectivity index (χ0) is 31.3. The van der Waals surface area contributed by atoms with E-state index in [9.17, 15) is 9.90 Å². The first kappa shape index (κ1) is 32.1. The Morgan fingerprint density at radius 1 is 1.23 bits per heavy atom. The van der Waals surface area contributed by atoms with E-state index in [4.69, 9.17) is 14.2 Å². The molecule has 3 N–H and O–H groups in total. The summed E-state index contributed by atoms with van der Waals surface area (Å²) in [5, 5.41) is 25.7. The first-order chi connectivity index (χ1) is 21.2. The maximum absolute atomic E-state index is 13.0.